The van der Waals surface area contributed by atoms with E-state index in [1.54, 1.807) is 19.1 Å². The van der Waals surface area contributed by atoms with Gasteiger partial charge in [-0.15, -0.1) is 0 Å². The van der Waals surface area contributed by atoms with Crippen LogP contribution in [0.3, 0.4) is 0 Å². The number of hydrogen-bond donors (Lipinski definition) is 1. The molecule has 108 valence electrons. The zero-order valence-corrected chi connectivity index (χ0v) is 12.7. The number of carbonyl (C=O) groups is 2. The monoisotopic (exact) mass is 274 g/mol. The SMILES string of the molecule is C/C=C\C(=O)NN(C(=O)c1cccc(C)c1)C(C)(C)C. The zero-order valence-electron chi connectivity index (χ0n) is 12.7. The number of benzene rings is 1. The number of rotatable bonds is 2. The van der Waals surface area contributed by atoms with E-state index in [9.17, 15) is 9.59 Å². The summed E-state index contributed by atoms with van der Waals surface area (Å²) in [6.45, 7) is 9.30. The Hall–Kier alpha value is -2.10. The number of amides is 2. The molecule has 0 spiro atoms. The van der Waals surface area contributed by atoms with Gasteiger partial charge in [0.05, 0.1) is 5.54 Å². The van der Waals surface area contributed by atoms with E-state index < -0.39 is 5.54 Å². The Labute approximate surface area is 120 Å². The lowest BCUT2D eigenvalue weighted by molar-refractivity contribution is -0.122. The highest BCUT2D eigenvalue weighted by atomic mass is 16.2. The molecule has 0 unspecified atom stereocenters. The van der Waals surface area contributed by atoms with Gasteiger partial charge >= 0.3 is 0 Å². The van der Waals surface area contributed by atoms with Crippen molar-refractivity contribution >= 4 is 11.8 Å². The highest BCUT2D eigenvalue weighted by molar-refractivity contribution is 5.97. The van der Waals surface area contributed by atoms with E-state index in [2.05, 4.69) is 5.43 Å². The fraction of sp³-hybridized carbons (Fsp3) is 0.375. The van der Waals surface area contributed by atoms with Crippen LogP contribution in [0.4, 0.5) is 0 Å². The standard InChI is InChI=1S/C16H22N2O2/c1-6-8-14(19)17-18(16(3,4)5)15(20)13-10-7-9-12(2)11-13/h6-11H,1-5H3,(H,17,19)/b8-6-. The first-order valence-electron chi connectivity index (χ1n) is 6.60. The molecule has 0 atom stereocenters. The molecule has 0 aromatic heterocycles. The van der Waals surface area contributed by atoms with Gasteiger partial charge in [0.2, 0.25) is 0 Å². The van der Waals surface area contributed by atoms with E-state index >= 15 is 0 Å². The molecular formula is C16H22N2O2. The molecule has 0 bridgehead atoms. The van der Waals surface area contributed by atoms with Crippen molar-refractivity contribution in [1.82, 2.24) is 10.4 Å². The first-order chi connectivity index (χ1) is 9.25. The summed E-state index contributed by atoms with van der Waals surface area (Å²) < 4.78 is 0. The summed E-state index contributed by atoms with van der Waals surface area (Å²) in [5.74, 6) is -0.539. The zero-order chi connectivity index (χ0) is 15.3. The lowest BCUT2D eigenvalue weighted by atomic mass is 10.1. The average Bonchev–Trinajstić information content (AvgIpc) is 2.34. The van der Waals surface area contributed by atoms with Crippen LogP contribution in [-0.2, 0) is 4.79 Å². The Morgan fingerprint density at radius 3 is 2.40 bits per heavy atom. The molecule has 0 fully saturated rings. The summed E-state index contributed by atoms with van der Waals surface area (Å²) >= 11 is 0. The van der Waals surface area contributed by atoms with Gasteiger partial charge in [-0.2, -0.15) is 0 Å². The number of hydrogen-bond acceptors (Lipinski definition) is 2. The summed E-state index contributed by atoms with van der Waals surface area (Å²) in [7, 11) is 0. The molecule has 1 aromatic rings. The third-order valence-corrected chi connectivity index (χ3v) is 2.68. The molecule has 0 saturated carbocycles. The summed E-state index contributed by atoms with van der Waals surface area (Å²) in [6.07, 6.45) is 3.02. The first-order valence-corrected chi connectivity index (χ1v) is 6.60. The molecule has 2 amide bonds. The van der Waals surface area contributed by atoms with Gasteiger partial charge in [0, 0.05) is 11.6 Å². The topological polar surface area (TPSA) is 49.4 Å². The van der Waals surface area contributed by atoms with Crippen LogP contribution < -0.4 is 5.43 Å². The lowest BCUT2D eigenvalue weighted by Crippen LogP contribution is -2.55. The van der Waals surface area contributed by atoms with Gasteiger partial charge in [0.25, 0.3) is 11.8 Å². The van der Waals surface area contributed by atoms with Crippen LogP contribution in [0.25, 0.3) is 0 Å². The van der Waals surface area contributed by atoms with Crippen molar-refractivity contribution in [3.63, 3.8) is 0 Å². The van der Waals surface area contributed by atoms with Gasteiger partial charge < -0.3 is 0 Å². The lowest BCUT2D eigenvalue weighted by Gasteiger charge is -2.35. The molecule has 0 aliphatic heterocycles. The predicted molar refractivity (Wildman–Crippen MR) is 80.1 cm³/mol. The molecule has 4 heteroatoms. The molecule has 4 nitrogen and oxygen atoms in total. The number of nitrogens with one attached hydrogen (secondary N) is 1. The molecule has 1 aromatic carbocycles. The molecule has 0 aliphatic rings. The molecule has 0 saturated heterocycles. The number of nitrogens with zero attached hydrogens (tertiary/aromatic N) is 1. The number of allylic oxidation sites excluding steroid dienone is 1. The minimum Gasteiger partial charge on any atom is -0.268 e. The molecular weight excluding hydrogens is 252 g/mol. The highest BCUT2D eigenvalue weighted by Gasteiger charge is 2.28. The Kier molecular flexibility index (Phi) is 5.08. The maximum Gasteiger partial charge on any atom is 0.272 e. The maximum absolute atomic E-state index is 12.6. The van der Waals surface area contributed by atoms with Crippen LogP contribution >= 0.6 is 0 Å². The van der Waals surface area contributed by atoms with E-state index in [4.69, 9.17) is 0 Å². The molecule has 1 N–H and O–H groups in total. The van der Waals surface area contributed by atoms with Crippen molar-refractivity contribution < 1.29 is 9.59 Å². The summed E-state index contributed by atoms with van der Waals surface area (Å²) in [4.78, 5) is 24.3. The van der Waals surface area contributed by atoms with E-state index in [1.165, 1.54) is 11.1 Å². The second-order valence-electron chi connectivity index (χ2n) is 5.66. The smallest absolute Gasteiger partial charge is 0.268 e. The van der Waals surface area contributed by atoms with Gasteiger partial charge in [-0.05, 0) is 46.8 Å². The first kappa shape index (κ1) is 16.0. The van der Waals surface area contributed by atoms with Gasteiger partial charge in [-0.1, -0.05) is 23.8 Å². The third kappa shape index (κ3) is 4.23. The Bertz CT molecular complexity index is 528. The van der Waals surface area contributed by atoms with Crippen molar-refractivity contribution in [2.75, 3.05) is 0 Å². The second-order valence-corrected chi connectivity index (χ2v) is 5.66. The Balaban J connectivity index is 3.05. The van der Waals surface area contributed by atoms with Gasteiger partial charge in [0.15, 0.2) is 0 Å². The summed E-state index contributed by atoms with van der Waals surface area (Å²) in [6, 6.07) is 7.31. The maximum atomic E-state index is 12.6. The molecule has 0 radical (unpaired) electrons. The Morgan fingerprint density at radius 2 is 1.90 bits per heavy atom. The van der Waals surface area contributed by atoms with E-state index in [0.29, 0.717) is 5.56 Å². The van der Waals surface area contributed by atoms with Crippen LogP contribution in [0.15, 0.2) is 36.4 Å². The largest absolute Gasteiger partial charge is 0.272 e. The molecule has 1 rings (SSSR count). The highest BCUT2D eigenvalue weighted by Crippen LogP contribution is 2.16. The summed E-state index contributed by atoms with van der Waals surface area (Å²) in [5, 5.41) is 1.37. The molecule has 20 heavy (non-hydrogen) atoms. The van der Waals surface area contributed by atoms with E-state index in [-0.39, 0.29) is 11.8 Å². The van der Waals surface area contributed by atoms with Crippen molar-refractivity contribution in [2.45, 2.75) is 40.2 Å². The second kappa shape index (κ2) is 6.37. The predicted octanol–water partition coefficient (Wildman–Crippen LogP) is 2.84. The van der Waals surface area contributed by atoms with Gasteiger partial charge in [0.1, 0.15) is 0 Å². The van der Waals surface area contributed by atoms with Crippen molar-refractivity contribution in [3.05, 3.63) is 47.5 Å². The van der Waals surface area contributed by atoms with Crippen LogP contribution in [0.5, 0.6) is 0 Å². The third-order valence-electron chi connectivity index (χ3n) is 2.68. The van der Waals surface area contributed by atoms with Crippen LogP contribution in [0.1, 0.15) is 43.6 Å². The van der Waals surface area contributed by atoms with Crippen molar-refractivity contribution in [1.29, 1.82) is 0 Å². The number of carbonyl (C=O) groups excluding carboxylic acids is 2. The van der Waals surface area contributed by atoms with E-state index in [0.717, 1.165) is 5.56 Å². The normalized spacial score (nSPS) is 11.4. The van der Waals surface area contributed by atoms with Gasteiger partial charge in [-0.3, -0.25) is 15.0 Å². The Morgan fingerprint density at radius 1 is 1.25 bits per heavy atom. The van der Waals surface area contributed by atoms with Crippen LogP contribution in [-0.4, -0.2) is 22.4 Å². The quantitative estimate of drug-likeness (QED) is 0.666. The van der Waals surface area contributed by atoms with Crippen LogP contribution in [0, 0.1) is 6.92 Å². The minimum atomic E-state index is -0.516. The van der Waals surface area contributed by atoms with Crippen molar-refractivity contribution in [3.8, 4) is 0 Å². The average molecular weight is 274 g/mol. The summed E-state index contributed by atoms with van der Waals surface area (Å²) in [5.41, 5.74) is 3.68. The molecule has 0 aliphatic carbocycles. The fourth-order valence-electron chi connectivity index (χ4n) is 1.73. The minimum absolute atomic E-state index is 0.223. The van der Waals surface area contributed by atoms with Crippen molar-refractivity contribution in [2.24, 2.45) is 0 Å². The number of aryl methyl sites for hydroxylation is 1. The fourth-order valence-corrected chi connectivity index (χ4v) is 1.73. The number of hydrazine groups is 1. The molecule has 0 heterocycles. The van der Waals surface area contributed by atoms with E-state index in [1.807, 2.05) is 45.9 Å². The van der Waals surface area contributed by atoms with Crippen LogP contribution in [0.2, 0.25) is 0 Å². The van der Waals surface area contributed by atoms with Gasteiger partial charge in [-0.25, -0.2) is 5.01 Å².